The molecule has 0 bridgehead atoms. The summed E-state index contributed by atoms with van der Waals surface area (Å²) in [5, 5.41) is 14.7. The lowest BCUT2D eigenvalue weighted by Gasteiger charge is -2.14. The Kier molecular flexibility index (Phi) is 6.50. The molecule has 0 saturated heterocycles. The van der Waals surface area contributed by atoms with Gasteiger partial charge in [-0.3, -0.25) is 4.79 Å². The summed E-state index contributed by atoms with van der Waals surface area (Å²) in [4.78, 5) is 15.6. The van der Waals surface area contributed by atoms with Crippen LogP contribution >= 0.6 is 0 Å². The van der Waals surface area contributed by atoms with E-state index in [1.807, 2.05) is 12.1 Å². The number of rotatable bonds is 7. The number of nitrogens with one attached hydrogen (secondary N) is 2. The van der Waals surface area contributed by atoms with Gasteiger partial charge in [0.05, 0.1) is 12.6 Å². The normalized spacial score (nSPS) is 11.6. The van der Waals surface area contributed by atoms with Crippen LogP contribution in [0.5, 0.6) is 0 Å². The summed E-state index contributed by atoms with van der Waals surface area (Å²) in [6.07, 6.45) is 1.57. The van der Waals surface area contributed by atoms with E-state index < -0.39 is 0 Å². The minimum atomic E-state index is -0.344. The maximum Gasteiger partial charge on any atom is 0.236 e. The molecule has 0 aliphatic carbocycles. The number of carbonyl (C=O) groups excluding carboxylic acids is 1. The molecule has 6 nitrogen and oxygen atoms in total. The zero-order chi connectivity index (χ0) is 14.1. The van der Waals surface area contributed by atoms with Gasteiger partial charge in [0, 0.05) is 32.0 Å². The number of hydrogen-bond donors (Lipinski definition) is 2. The fourth-order valence-electron chi connectivity index (χ4n) is 1.47. The summed E-state index contributed by atoms with van der Waals surface area (Å²) >= 11 is 0. The number of amides is 1. The second kappa shape index (κ2) is 8.19. The fourth-order valence-corrected chi connectivity index (χ4v) is 1.47. The van der Waals surface area contributed by atoms with E-state index in [1.165, 1.54) is 0 Å². The highest BCUT2D eigenvalue weighted by molar-refractivity contribution is 5.81. The van der Waals surface area contributed by atoms with Crippen molar-refractivity contribution in [3.05, 3.63) is 29.6 Å². The quantitative estimate of drug-likeness (QED) is 0.685. The molecule has 6 heteroatoms. The first-order valence-electron chi connectivity index (χ1n) is 6.03. The zero-order valence-electron chi connectivity index (χ0n) is 11.1. The Balaban J connectivity index is 2.43. The third kappa shape index (κ3) is 5.04. The third-order valence-electron chi connectivity index (χ3n) is 2.59. The van der Waals surface area contributed by atoms with Crippen LogP contribution < -0.4 is 10.6 Å². The van der Waals surface area contributed by atoms with Crippen molar-refractivity contribution in [3.63, 3.8) is 0 Å². The lowest BCUT2D eigenvalue weighted by molar-refractivity contribution is -0.122. The Hall–Kier alpha value is -1.97. The molecule has 0 aliphatic heterocycles. The van der Waals surface area contributed by atoms with E-state index in [2.05, 4.69) is 15.6 Å². The monoisotopic (exact) mass is 262 g/mol. The van der Waals surface area contributed by atoms with Gasteiger partial charge in [-0.1, -0.05) is 6.07 Å². The lowest BCUT2D eigenvalue weighted by atomic mass is 10.2. The fraction of sp³-hybridized carbons (Fsp3) is 0.462. The maximum absolute atomic E-state index is 11.7. The molecule has 19 heavy (non-hydrogen) atoms. The summed E-state index contributed by atoms with van der Waals surface area (Å²) in [6.45, 7) is 3.16. The lowest BCUT2D eigenvalue weighted by Crippen LogP contribution is -2.42. The minimum Gasteiger partial charge on any atom is -0.383 e. The minimum absolute atomic E-state index is 0.0977. The van der Waals surface area contributed by atoms with E-state index in [0.717, 1.165) is 5.56 Å². The number of aromatic nitrogens is 1. The molecule has 1 rings (SSSR count). The van der Waals surface area contributed by atoms with Crippen LogP contribution in [-0.2, 0) is 16.1 Å². The molecule has 0 fully saturated rings. The van der Waals surface area contributed by atoms with Gasteiger partial charge in [0.15, 0.2) is 0 Å². The van der Waals surface area contributed by atoms with Crippen molar-refractivity contribution >= 4 is 5.91 Å². The van der Waals surface area contributed by atoms with Crippen molar-refractivity contribution in [3.8, 4) is 6.07 Å². The van der Waals surface area contributed by atoms with Gasteiger partial charge in [-0.2, -0.15) is 5.26 Å². The first-order chi connectivity index (χ1) is 9.19. The van der Waals surface area contributed by atoms with E-state index >= 15 is 0 Å². The SMILES string of the molecule is COCCNC(=O)C(C)NCc1cccnc1C#N. The molecule has 2 N–H and O–H groups in total. The molecule has 1 aromatic heterocycles. The van der Waals surface area contributed by atoms with Crippen molar-refractivity contribution in [1.29, 1.82) is 5.26 Å². The predicted molar refractivity (Wildman–Crippen MR) is 70.1 cm³/mol. The first-order valence-corrected chi connectivity index (χ1v) is 6.03. The van der Waals surface area contributed by atoms with Crippen LogP contribution in [-0.4, -0.2) is 37.2 Å². The zero-order valence-corrected chi connectivity index (χ0v) is 11.1. The molecule has 102 valence electrons. The van der Waals surface area contributed by atoms with Crippen molar-refractivity contribution in [2.45, 2.75) is 19.5 Å². The average Bonchev–Trinajstić information content (AvgIpc) is 2.45. The van der Waals surface area contributed by atoms with Gasteiger partial charge in [-0.25, -0.2) is 4.98 Å². The molecule has 1 atom stereocenters. The second-order valence-electron chi connectivity index (χ2n) is 4.01. The van der Waals surface area contributed by atoms with Crippen LogP contribution in [0.3, 0.4) is 0 Å². The number of pyridine rings is 1. The van der Waals surface area contributed by atoms with Gasteiger partial charge >= 0.3 is 0 Å². The number of nitrogens with zero attached hydrogens (tertiary/aromatic N) is 2. The van der Waals surface area contributed by atoms with Crippen molar-refractivity contribution in [2.24, 2.45) is 0 Å². The van der Waals surface area contributed by atoms with E-state index in [4.69, 9.17) is 10.00 Å². The topological polar surface area (TPSA) is 87.0 Å². The highest BCUT2D eigenvalue weighted by Gasteiger charge is 2.12. The van der Waals surface area contributed by atoms with Gasteiger partial charge < -0.3 is 15.4 Å². The van der Waals surface area contributed by atoms with E-state index in [1.54, 1.807) is 26.3 Å². The molecular formula is C13H18N4O2. The standard InChI is InChI=1S/C13H18N4O2/c1-10(13(18)16-6-7-19-2)17-9-11-4-3-5-15-12(11)8-14/h3-5,10,17H,6-7,9H2,1-2H3,(H,16,18). The van der Waals surface area contributed by atoms with Gasteiger partial charge in [0.25, 0.3) is 0 Å². The molecule has 1 amide bonds. The van der Waals surface area contributed by atoms with Crippen LogP contribution in [0.1, 0.15) is 18.2 Å². The van der Waals surface area contributed by atoms with Crippen LogP contribution in [0.2, 0.25) is 0 Å². The molecule has 1 unspecified atom stereocenters. The molecule has 0 aliphatic rings. The van der Waals surface area contributed by atoms with Crippen molar-refractivity contribution in [1.82, 2.24) is 15.6 Å². The second-order valence-corrected chi connectivity index (χ2v) is 4.01. The van der Waals surface area contributed by atoms with Crippen LogP contribution in [0.25, 0.3) is 0 Å². The van der Waals surface area contributed by atoms with Crippen LogP contribution in [0.15, 0.2) is 18.3 Å². The van der Waals surface area contributed by atoms with Crippen LogP contribution in [0.4, 0.5) is 0 Å². The highest BCUT2D eigenvalue weighted by Crippen LogP contribution is 2.03. The predicted octanol–water partition coefficient (Wildman–Crippen LogP) is 0.194. The summed E-state index contributed by atoms with van der Waals surface area (Å²) in [5.41, 5.74) is 1.16. The smallest absolute Gasteiger partial charge is 0.236 e. The van der Waals surface area contributed by atoms with Gasteiger partial charge in [0.2, 0.25) is 5.91 Å². The Morgan fingerprint density at radius 2 is 2.42 bits per heavy atom. The third-order valence-corrected chi connectivity index (χ3v) is 2.59. The van der Waals surface area contributed by atoms with Crippen molar-refractivity contribution < 1.29 is 9.53 Å². The summed E-state index contributed by atoms with van der Waals surface area (Å²) in [6, 6.07) is 5.26. The van der Waals surface area contributed by atoms with E-state index in [0.29, 0.717) is 25.4 Å². The highest BCUT2D eigenvalue weighted by atomic mass is 16.5. The van der Waals surface area contributed by atoms with E-state index in [9.17, 15) is 4.79 Å². The Morgan fingerprint density at radius 1 is 1.63 bits per heavy atom. The summed E-state index contributed by atoms with van der Waals surface area (Å²) in [7, 11) is 1.58. The first kappa shape index (κ1) is 15.1. The molecule has 1 heterocycles. The van der Waals surface area contributed by atoms with Crippen molar-refractivity contribution in [2.75, 3.05) is 20.3 Å². The number of carbonyl (C=O) groups is 1. The van der Waals surface area contributed by atoms with Gasteiger partial charge in [-0.15, -0.1) is 0 Å². The maximum atomic E-state index is 11.7. The molecule has 0 aromatic carbocycles. The summed E-state index contributed by atoms with van der Waals surface area (Å²) < 4.78 is 4.85. The summed E-state index contributed by atoms with van der Waals surface area (Å²) in [5.74, 6) is -0.0977. The Bertz CT molecular complexity index is 456. The van der Waals surface area contributed by atoms with Gasteiger partial charge in [0.1, 0.15) is 11.8 Å². The average molecular weight is 262 g/mol. The number of ether oxygens (including phenoxy) is 1. The molecule has 0 radical (unpaired) electrons. The Labute approximate surface area is 112 Å². The van der Waals surface area contributed by atoms with Crippen LogP contribution in [0, 0.1) is 11.3 Å². The number of nitriles is 1. The van der Waals surface area contributed by atoms with E-state index in [-0.39, 0.29) is 11.9 Å². The molecular weight excluding hydrogens is 244 g/mol. The number of hydrogen-bond acceptors (Lipinski definition) is 5. The molecule has 0 spiro atoms. The molecule has 0 saturated carbocycles. The largest absolute Gasteiger partial charge is 0.383 e. The van der Waals surface area contributed by atoms with Gasteiger partial charge in [-0.05, 0) is 13.0 Å². The number of methoxy groups -OCH3 is 1. The molecule has 1 aromatic rings. The Morgan fingerprint density at radius 3 is 3.11 bits per heavy atom.